The molecule has 2 aliphatic heterocycles. The number of hydrogen-bond donors (Lipinski definition) is 0. The van der Waals surface area contributed by atoms with Gasteiger partial charge in [0.2, 0.25) is 0 Å². The number of benzene rings is 1. The maximum absolute atomic E-state index is 11.9. The van der Waals surface area contributed by atoms with Crippen LogP contribution in [0.2, 0.25) is 0 Å². The molecule has 4 rings (SSSR count). The van der Waals surface area contributed by atoms with E-state index in [4.69, 9.17) is 4.74 Å². The first-order valence-corrected chi connectivity index (χ1v) is 10.4. The van der Waals surface area contributed by atoms with Crippen LogP contribution in [0.5, 0.6) is 5.75 Å². The summed E-state index contributed by atoms with van der Waals surface area (Å²) >= 11 is 0. The number of ketones is 1. The largest absolute Gasteiger partial charge is 0.490 e. The zero-order valence-corrected chi connectivity index (χ0v) is 15.1. The van der Waals surface area contributed by atoms with Crippen LogP contribution >= 0.6 is 0 Å². The SMILES string of the molecule is O=C1CCC(Oc2ccc(C3=CC=CN4CCS(=O)(=O)N=C34)cc2)CC1. The van der Waals surface area contributed by atoms with Gasteiger partial charge in [0.05, 0.1) is 11.9 Å². The molecular weight excluding hydrogens is 352 g/mol. The smallest absolute Gasteiger partial charge is 0.256 e. The van der Waals surface area contributed by atoms with Crippen molar-refractivity contribution in [2.24, 2.45) is 4.40 Å². The monoisotopic (exact) mass is 372 g/mol. The van der Waals surface area contributed by atoms with E-state index in [1.54, 1.807) is 0 Å². The quantitative estimate of drug-likeness (QED) is 0.815. The zero-order chi connectivity index (χ0) is 18.1. The Morgan fingerprint density at radius 1 is 1.12 bits per heavy atom. The molecule has 1 aromatic carbocycles. The zero-order valence-electron chi connectivity index (χ0n) is 14.3. The minimum Gasteiger partial charge on any atom is -0.490 e. The van der Waals surface area contributed by atoms with Gasteiger partial charge in [-0.2, -0.15) is 0 Å². The second kappa shape index (κ2) is 6.72. The lowest BCUT2D eigenvalue weighted by Crippen LogP contribution is -2.37. The third kappa shape index (κ3) is 3.58. The summed E-state index contributed by atoms with van der Waals surface area (Å²) in [7, 11) is -3.41. The summed E-state index contributed by atoms with van der Waals surface area (Å²) in [5.74, 6) is 1.57. The molecule has 0 atom stereocenters. The molecule has 7 heteroatoms. The first-order valence-electron chi connectivity index (χ1n) is 8.77. The predicted molar refractivity (Wildman–Crippen MR) is 99.4 cm³/mol. The standard InChI is InChI=1S/C19H20N2O4S/c22-15-5-9-17(10-6-15)25-16-7-3-14(4-8-16)18-2-1-11-21-12-13-26(23,24)20-19(18)21/h1-4,7-8,11,17H,5-6,9-10,12-13H2. The number of nitrogens with zero attached hydrogens (tertiary/aromatic N) is 2. The molecule has 3 aliphatic rings. The summed E-state index contributed by atoms with van der Waals surface area (Å²) in [5, 5.41) is 0. The van der Waals surface area contributed by atoms with E-state index in [0.29, 0.717) is 31.0 Å². The molecule has 0 aromatic heterocycles. The maximum atomic E-state index is 11.9. The third-order valence-corrected chi connectivity index (χ3v) is 5.97. The Morgan fingerprint density at radius 2 is 1.85 bits per heavy atom. The topological polar surface area (TPSA) is 76.0 Å². The number of amidine groups is 1. The molecule has 1 aliphatic carbocycles. The predicted octanol–water partition coefficient (Wildman–Crippen LogP) is 2.53. The first kappa shape index (κ1) is 17.0. The van der Waals surface area contributed by atoms with Gasteiger partial charge in [-0.25, -0.2) is 8.42 Å². The minimum atomic E-state index is -3.41. The Balaban J connectivity index is 1.53. The van der Waals surface area contributed by atoms with Crippen molar-refractivity contribution in [3.63, 3.8) is 0 Å². The molecule has 2 heterocycles. The van der Waals surface area contributed by atoms with E-state index in [1.807, 2.05) is 47.5 Å². The van der Waals surface area contributed by atoms with Gasteiger partial charge in [0.15, 0.2) is 5.84 Å². The first-order chi connectivity index (χ1) is 12.5. The molecule has 6 nitrogen and oxygen atoms in total. The van der Waals surface area contributed by atoms with Gasteiger partial charge in [-0.1, -0.05) is 12.1 Å². The van der Waals surface area contributed by atoms with Gasteiger partial charge in [-0.05, 0) is 42.7 Å². The van der Waals surface area contributed by atoms with Crippen molar-refractivity contribution in [2.45, 2.75) is 31.8 Å². The fourth-order valence-corrected chi connectivity index (χ4v) is 4.36. The highest BCUT2D eigenvalue weighted by molar-refractivity contribution is 7.90. The molecular formula is C19H20N2O4S. The van der Waals surface area contributed by atoms with Crippen LogP contribution in [0.4, 0.5) is 0 Å². The minimum absolute atomic E-state index is 0.0325. The maximum Gasteiger partial charge on any atom is 0.256 e. The number of Topliss-reactive ketones (excluding diaryl/α,β-unsaturated/α-hetero) is 1. The number of sulfonamides is 1. The number of fused-ring (bicyclic) bond motifs is 1. The van der Waals surface area contributed by atoms with E-state index >= 15 is 0 Å². The van der Waals surface area contributed by atoms with Crippen molar-refractivity contribution < 1.29 is 17.9 Å². The van der Waals surface area contributed by atoms with Crippen molar-refractivity contribution in [2.75, 3.05) is 12.3 Å². The van der Waals surface area contributed by atoms with Crippen molar-refractivity contribution in [3.8, 4) is 5.75 Å². The number of carbonyl (C=O) groups is 1. The molecule has 0 amide bonds. The van der Waals surface area contributed by atoms with Crippen molar-refractivity contribution in [3.05, 3.63) is 48.2 Å². The lowest BCUT2D eigenvalue weighted by Gasteiger charge is -2.29. The molecule has 1 fully saturated rings. The Hall–Kier alpha value is -2.41. The van der Waals surface area contributed by atoms with Crippen molar-refractivity contribution in [1.29, 1.82) is 0 Å². The Bertz CT molecular complexity index is 903. The summed E-state index contributed by atoms with van der Waals surface area (Å²) in [6.07, 6.45) is 8.41. The fourth-order valence-electron chi connectivity index (χ4n) is 3.38. The number of hydrogen-bond acceptors (Lipinski definition) is 5. The van der Waals surface area contributed by atoms with Gasteiger partial charge in [0, 0.05) is 31.2 Å². The lowest BCUT2D eigenvalue weighted by atomic mass is 9.96. The average molecular weight is 372 g/mol. The second-order valence-electron chi connectivity index (χ2n) is 6.70. The summed E-state index contributed by atoms with van der Waals surface area (Å²) in [5.41, 5.74) is 1.67. The summed E-state index contributed by atoms with van der Waals surface area (Å²) in [6.45, 7) is 0.413. The van der Waals surface area contributed by atoms with Crippen LogP contribution in [0.25, 0.3) is 5.57 Å². The third-order valence-electron chi connectivity index (χ3n) is 4.82. The molecule has 0 bridgehead atoms. The summed E-state index contributed by atoms with van der Waals surface area (Å²) in [6, 6.07) is 7.59. The van der Waals surface area contributed by atoms with Gasteiger partial charge in [0.1, 0.15) is 11.5 Å². The number of ether oxygens (including phenoxy) is 1. The van der Waals surface area contributed by atoms with E-state index in [-0.39, 0.29) is 11.9 Å². The molecule has 26 heavy (non-hydrogen) atoms. The highest BCUT2D eigenvalue weighted by Gasteiger charge is 2.27. The Kier molecular flexibility index (Phi) is 4.40. The fraction of sp³-hybridized carbons (Fsp3) is 0.368. The average Bonchev–Trinajstić information content (AvgIpc) is 2.63. The summed E-state index contributed by atoms with van der Waals surface area (Å²) < 4.78 is 33.7. The highest BCUT2D eigenvalue weighted by atomic mass is 32.2. The van der Waals surface area contributed by atoms with Gasteiger partial charge in [-0.15, -0.1) is 4.40 Å². The number of allylic oxidation sites excluding steroid dienone is 2. The van der Waals surface area contributed by atoms with E-state index < -0.39 is 10.0 Å². The van der Waals surface area contributed by atoms with Gasteiger partial charge < -0.3 is 9.64 Å². The van der Waals surface area contributed by atoms with E-state index in [0.717, 1.165) is 29.7 Å². The molecule has 1 aromatic rings. The normalized spacial score (nSPS) is 22.5. The molecule has 0 unspecified atom stereocenters. The molecule has 1 saturated carbocycles. The van der Waals surface area contributed by atoms with E-state index in [9.17, 15) is 13.2 Å². The van der Waals surface area contributed by atoms with E-state index in [2.05, 4.69) is 4.40 Å². The van der Waals surface area contributed by atoms with Crippen LogP contribution in [0.3, 0.4) is 0 Å². The summed E-state index contributed by atoms with van der Waals surface area (Å²) in [4.78, 5) is 13.2. The van der Waals surface area contributed by atoms with Crippen LogP contribution in [0.15, 0.2) is 47.0 Å². The lowest BCUT2D eigenvalue weighted by molar-refractivity contribution is -0.121. The van der Waals surface area contributed by atoms with Gasteiger partial charge >= 0.3 is 0 Å². The number of rotatable bonds is 3. The van der Waals surface area contributed by atoms with Crippen LogP contribution < -0.4 is 4.74 Å². The molecule has 0 N–H and O–H groups in total. The molecule has 0 radical (unpaired) electrons. The Labute approximate surface area is 152 Å². The van der Waals surface area contributed by atoms with Crippen molar-refractivity contribution in [1.82, 2.24) is 4.90 Å². The molecule has 0 saturated heterocycles. The highest BCUT2D eigenvalue weighted by Crippen LogP contribution is 2.28. The Morgan fingerprint density at radius 3 is 2.58 bits per heavy atom. The van der Waals surface area contributed by atoms with Gasteiger partial charge in [-0.3, -0.25) is 4.79 Å². The van der Waals surface area contributed by atoms with Crippen LogP contribution in [-0.4, -0.2) is 43.3 Å². The second-order valence-corrected chi connectivity index (χ2v) is 8.45. The van der Waals surface area contributed by atoms with Crippen LogP contribution in [0, 0.1) is 0 Å². The van der Waals surface area contributed by atoms with Crippen LogP contribution in [-0.2, 0) is 14.8 Å². The van der Waals surface area contributed by atoms with Gasteiger partial charge in [0.25, 0.3) is 10.0 Å². The molecule has 136 valence electrons. The number of carbonyl (C=O) groups excluding carboxylic acids is 1. The van der Waals surface area contributed by atoms with Crippen LogP contribution in [0.1, 0.15) is 31.2 Å². The van der Waals surface area contributed by atoms with E-state index in [1.165, 1.54) is 0 Å². The molecule has 0 spiro atoms. The van der Waals surface area contributed by atoms with Crippen molar-refractivity contribution >= 4 is 27.2 Å².